The fourth-order valence-corrected chi connectivity index (χ4v) is 2.77. The van der Waals surface area contributed by atoms with Crippen molar-refractivity contribution in [3.05, 3.63) is 35.3 Å². The number of nitrogens with one attached hydrogen (secondary N) is 1. The minimum atomic E-state index is 0.522. The molecule has 19 heavy (non-hydrogen) atoms. The molecule has 1 N–H and O–H groups in total. The van der Waals surface area contributed by atoms with E-state index in [4.69, 9.17) is 9.51 Å². The fourth-order valence-electron chi connectivity index (χ4n) is 2.77. The first kappa shape index (κ1) is 12.4. The third-order valence-electron chi connectivity index (χ3n) is 3.78. The summed E-state index contributed by atoms with van der Waals surface area (Å²) in [6.45, 7) is 6.05. The van der Waals surface area contributed by atoms with Crippen molar-refractivity contribution in [2.75, 3.05) is 13.1 Å². The second kappa shape index (κ2) is 5.13. The largest absolute Gasteiger partial charge is 0.361 e. The number of hydrogen-bond acceptors (Lipinski definition) is 4. The molecular formula is C15H19N3O. The van der Waals surface area contributed by atoms with E-state index in [0.717, 1.165) is 35.8 Å². The van der Waals surface area contributed by atoms with Gasteiger partial charge >= 0.3 is 0 Å². The molecule has 0 unspecified atom stereocenters. The van der Waals surface area contributed by atoms with E-state index in [-0.39, 0.29) is 0 Å². The van der Waals surface area contributed by atoms with Gasteiger partial charge in [-0.3, -0.25) is 4.98 Å². The van der Waals surface area contributed by atoms with Crippen molar-refractivity contribution in [2.45, 2.75) is 32.6 Å². The number of hydrogen-bond donors (Lipinski definition) is 1. The molecule has 1 aliphatic rings. The molecule has 100 valence electrons. The molecule has 1 fully saturated rings. The van der Waals surface area contributed by atoms with Crippen LogP contribution in [-0.4, -0.2) is 23.2 Å². The monoisotopic (exact) mass is 257 g/mol. The molecule has 0 aliphatic carbocycles. The number of rotatable bonds is 2. The molecule has 0 radical (unpaired) electrons. The topological polar surface area (TPSA) is 51.0 Å². The zero-order chi connectivity index (χ0) is 13.2. The Morgan fingerprint density at radius 3 is 2.89 bits per heavy atom. The van der Waals surface area contributed by atoms with Crippen LogP contribution in [-0.2, 0) is 0 Å². The molecule has 4 heteroatoms. The van der Waals surface area contributed by atoms with E-state index in [1.165, 1.54) is 18.5 Å². The van der Waals surface area contributed by atoms with E-state index in [9.17, 15) is 0 Å². The molecule has 1 atom stereocenters. The predicted molar refractivity (Wildman–Crippen MR) is 74.1 cm³/mol. The molecule has 0 saturated carbocycles. The lowest BCUT2D eigenvalue weighted by atomic mass is 9.95. The summed E-state index contributed by atoms with van der Waals surface area (Å²) < 4.78 is 5.23. The molecule has 3 rings (SSSR count). The lowest BCUT2D eigenvalue weighted by Crippen LogP contribution is -2.28. The van der Waals surface area contributed by atoms with Gasteiger partial charge in [-0.1, -0.05) is 11.2 Å². The summed E-state index contributed by atoms with van der Waals surface area (Å²) in [7, 11) is 0. The van der Waals surface area contributed by atoms with Crippen LogP contribution in [0.2, 0.25) is 0 Å². The quantitative estimate of drug-likeness (QED) is 0.898. The molecule has 0 amide bonds. The second-order valence-corrected chi connectivity index (χ2v) is 5.19. The van der Waals surface area contributed by atoms with Gasteiger partial charge in [-0.25, -0.2) is 0 Å². The molecule has 2 aromatic rings. The maximum Gasteiger partial charge on any atom is 0.143 e. The van der Waals surface area contributed by atoms with Crippen LogP contribution in [0.4, 0.5) is 0 Å². The van der Waals surface area contributed by atoms with Gasteiger partial charge in [-0.15, -0.1) is 0 Å². The van der Waals surface area contributed by atoms with Gasteiger partial charge in [0.2, 0.25) is 0 Å². The highest BCUT2D eigenvalue weighted by Gasteiger charge is 2.18. The van der Waals surface area contributed by atoms with Crippen molar-refractivity contribution >= 4 is 0 Å². The fraction of sp³-hybridized carbons (Fsp3) is 0.467. The first-order valence-electron chi connectivity index (χ1n) is 6.86. The lowest BCUT2D eigenvalue weighted by Gasteiger charge is -2.22. The predicted octanol–water partition coefficient (Wildman–Crippen LogP) is 2.82. The molecule has 0 spiro atoms. The van der Waals surface area contributed by atoms with Crippen LogP contribution in [0.15, 0.2) is 22.7 Å². The molecule has 0 bridgehead atoms. The van der Waals surface area contributed by atoms with E-state index < -0.39 is 0 Å². The van der Waals surface area contributed by atoms with Crippen molar-refractivity contribution in [3.63, 3.8) is 0 Å². The highest BCUT2D eigenvalue weighted by molar-refractivity contribution is 5.63. The first-order chi connectivity index (χ1) is 9.25. The minimum Gasteiger partial charge on any atom is -0.361 e. The van der Waals surface area contributed by atoms with Gasteiger partial charge in [0.15, 0.2) is 0 Å². The van der Waals surface area contributed by atoms with Crippen molar-refractivity contribution in [1.82, 2.24) is 15.5 Å². The van der Waals surface area contributed by atoms with Crippen molar-refractivity contribution < 1.29 is 4.52 Å². The van der Waals surface area contributed by atoms with E-state index in [1.54, 1.807) is 0 Å². The lowest BCUT2D eigenvalue weighted by molar-refractivity contribution is 0.393. The van der Waals surface area contributed by atoms with Crippen LogP contribution in [0.3, 0.4) is 0 Å². The average molecular weight is 257 g/mol. The smallest absolute Gasteiger partial charge is 0.143 e. The molecule has 1 aliphatic heterocycles. The average Bonchev–Trinajstić information content (AvgIpc) is 2.79. The van der Waals surface area contributed by atoms with Crippen LogP contribution in [0.5, 0.6) is 0 Å². The van der Waals surface area contributed by atoms with Gasteiger partial charge in [0.05, 0.1) is 17.0 Å². The van der Waals surface area contributed by atoms with E-state index in [0.29, 0.717) is 5.92 Å². The maximum absolute atomic E-state index is 5.23. The third-order valence-corrected chi connectivity index (χ3v) is 3.78. The zero-order valence-corrected chi connectivity index (χ0v) is 11.4. The summed E-state index contributed by atoms with van der Waals surface area (Å²) >= 11 is 0. The number of aryl methyl sites for hydroxylation is 2. The summed E-state index contributed by atoms with van der Waals surface area (Å²) in [6, 6.07) is 6.24. The van der Waals surface area contributed by atoms with Gasteiger partial charge in [-0.05, 0) is 45.4 Å². The standard InChI is InChI=1S/C15H19N3O/c1-10-15(11(2)19-18-10)14-7-3-6-13(17-14)12-5-4-8-16-9-12/h3,6-7,12,16H,4-5,8-9H2,1-2H3/t12-/m0/s1. The Hall–Kier alpha value is -1.68. The van der Waals surface area contributed by atoms with Crippen LogP contribution < -0.4 is 5.32 Å². The summed E-state index contributed by atoms with van der Waals surface area (Å²) in [6.07, 6.45) is 2.44. The number of piperidine rings is 1. The summed E-state index contributed by atoms with van der Waals surface area (Å²) in [5.41, 5.74) is 4.08. The SMILES string of the molecule is Cc1noc(C)c1-c1cccc([C@H]2CCCNC2)n1. The second-order valence-electron chi connectivity index (χ2n) is 5.19. The maximum atomic E-state index is 5.23. The Labute approximate surface area is 113 Å². The van der Waals surface area contributed by atoms with Gasteiger partial charge in [0.1, 0.15) is 5.76 Å². The minimum absolute atomic E-state index is 0.522. The van der Waals surface area contributed by atoms with Crippen LogP contribution in [0.25, 0.3) is 11.3 Å². The van der Waals surface area contributed by atoms with Gasteiger partial charge < -0.3 is 9.84 Å². The highest BCUT2D eigenvalue weighted by Crippen LogP contribution is 2.28. The van der Waals surface area contributed by atoms with Crippen LogP contribution in [0, 0.1) is 13.8 Å². The molecule has 1 saturated heterocycles. The Bertz CT molecular complexity index is 551. The Balaban J connectivity index is 1.95. The zero-order valence-electron chi connectivity index (χ0n) is 11.4. The highest BCUT2D eigenvalue weighted by atomic mass is 16.5. The first-order valence-corrected chi connectivity index (χ1v) is 6.86. The van der Waals surface area contributed by atoms with Crippen LogP contribution in [0.1, 0.15) is 35.9 Å². The van der Waals surface area contributed by atoms with Gasteiger partial charge in [0.25, 0.3) is 0 Å². The van der Waals surface area contributed by atoms with Crippen LogP contribution >= 0.6 is 0 Å². The Kier molecular flexibility index (Phi) is 3.34. The van der Waals surface area contributed by atoms with Crippen molar-refractivity contribution in [1.29, 1.82) is 0 Å². The Morgan fingerprint density at radius 1 is 1.32 bits per heavy atom. The Morgan fingerprint density at radius 2 is 2.21 bits per heavy atom. The van der Waals surface area contributed by atoms with E-state index >= 15 is 0 Å². The molecule has 3 heterocycles. The van der Waals surface area contributed by atoms with Gasteiger partial charge in [-0.2, -0.15) is 0 Å². The molecular weight excluding hydrogens is 238 g/mol. The summed E-state index contributed by atoms with van der Waals surface area (Å²) in [5.74, 6) is 1.36. The van der Waals surface area contributed by atoms with E-state index in [1.807, 2.05) is 19.9 Å². The number of aromatic nitrogens is 2. The normalized spacial score (nSPS) is 19.6. The molecule has 4 nitrogen and oxygen atoms in total. The van der Waals surface area contributed by atoms with Crippen molar-refractivity contribution in [2.24, 2.45) is 0 Å². The van der Waals surface area contributed by atoms with Gasteiger partial charge in [0, 0.05) is 18.2 Å². The summed E-state index contributed by atoms with van der Waals surface area (Å²) in [4.78, 5) is 4.82. The third kappa shape index (κ3) is 2.40. The number of pyridine rings is 1. The van der Waals surface area contributed by atoms with Crippen molar-refractivity contribution in [3.8, 4) is 11.3 Å². The molecule has 0 aromatic carbocycles. The summed E-state index contributed by atoms with van der Waals surface area (Å²) in [5, 5.41) is 7.45. The number of nitrogens with zero attached hydrogens (tertiary/aromatic N) is 2. The van der Waals surface area contributed by atoms with E-state index in [2.05, 4.69) is 22.6 Å². The molecule has 2 aromatic heterocycles.